The van der Waals surface area contributed by atoms with Gasteiger partial charge in [0.15, 0.2) is 0 Å². The van der Waals surface area contributed by atoms with Gasteiger partial charge in [-0.15, -0.1) is 11.3 Å². The maximum atomic E-state index is 8.18. The molecule has 0 atom stereocenters. The first-order valence-corrected chi connectivity index (χ1v) is 3.74. The Morgan fingerprint density at radius 1 is 1.80 bits per heavy atom. The van der Waals surface area contributed by atoms with Crippen LogP contribution in [0.4, 0.5) is 0 Å². The monoisotopic (exact) mass is 150 g/mol. The molecule has 0 spiro atoms. The molecule has 0 fully saturated rings. The van der Waals surface area contributed by atoms with Crippen LogP contribution in [0.15, 0.2) is 17.7 Å². The van der Waals surface area contributed by atoms with E-state index in [-0.39, 0.29) is 0 Å². The van der Waals surface area contributed by atoms with E-state index < -0.39 is 0 Å². The molecule has 2 nitrogen and oxygen atoms in total. The lowest BCUT2D eigenvalue weighted by Crippen LogP contribution is -1.63. The van der Waals surface area contributed by atoms with Crippen molar-refractivity contribution in [1.29, 1.82) is 5.26 Å². The Bertz CT molecular complexity index is 243. The third-order valence-corrected chi connectivity index (χ3v) is 1.66. The number of allylic oxidation sites excluding steroid dienone is 1. The zero-order chi connectivity index (χ0) is 7.23. The average Bonchev–Trinajstić information content (AvgIpc) is 2.41. The summed E-state index contributed by atoms with van der Waals surface area (Å²) in [6.45, 7) is 0. The van der Waals surface area contributed by atoms with Crippen LogP contribution in [0.25, 0.3) is 6.08 Å². The van der Waals surface area contributed by atoms with Gasteiger partial charge in [-0.3, -0.25) is 0 Å². The number of nitrogens with zero attached hydrogens (tertiary/aromatic N) is 2. The molecule has 3 heteroatoms. The van der Waals surface area contributed by atoms with Gasteiger partial charge in [-0.2, -0.15) is 5.26 Å². The molecule has 0 N–H and O–H groups in total. The molecule has 1 aromatic heterocycles. The minimum Gasteiger partial charge on any atom is -0.245 e. The van der Waals surface area contributed by atoms with Crippen LogP contribution in [-0.4, -0.2) is 4.98 Å². The van der Waals surface area contributed by atoms with Crippen molar-refractivity contribution >= 4 is 17.4 Å². The minimum atomic E-state index is 0.458. The third-order valence-electron chi connectivity index (χ3n) is 0.921. The van der Waals surface area contributed by atoms with Crippen LogP contribution < -0.4 is 0 Å². The van der Waals surface area contributed by atoms with Gasteiger partial charge >= 0.3 is 0 Å². The minimum absolute atomic E-state index is 0.458. The zero-order valence-electron chi connectivity index (χ0n) is 5.32. The van der Waals surface area contributed by atoms with Crippen molar-refractivity contribution in [3.63, 3.8) is 0 Å². The second-order valence-corrected chi connectivity index (χ2v) is 2.56. The van der Waals surface area contributed by atoms with E-state index in [0.29, 0.717) is 6.42 Å². The Balaban J connectivity index is 2.49. The van der Waals surface area contributed by atoms with Crippen LogP contribution in [0.5, 0.6) is 0 Å². The van der Waals surface area contributed by atoms with Crippen molar-refractivity contribution in [2.24, 2.45) is 0 Å². The highest BCUT2D eigenvalue weighted by Gasteiger charge is 1.84. The number of nitriles is 1. The van der Waals surface area contributed by atoms with Gasteiger partial charge in [0.2, 0.25) is 0 Å². The molecule has 0 aliphatic carbocycles. The van der Waals surface area contributed by atoms with Crippen LogP contribution in [0, 0.1) is 11.3 Å². The Kier molecular flexibility index (Phi) is 2.65. The molecular formula is C7H6N2S. The summed E-state index contributed by atoms with van der Waals surface area (Å²) in [6.07, 6.45) is 5.86. The lowest BCUT2D eigenvalue weighted by molar-refractivity contribution is 1.35. The molecule has 0 aromatic carbocycles. The third kappa shape index (κ3) is 2.00. The van der Waals surface area contributed by atoms with Crippen molar-refractivity contribution in [1.82, 2.24) is 4.98 Å². The summed E-state index contributed by atoms with van der Waals surface area (Å²) in [7, 11) is 0. The lowest BCUT2D eigenvalue weighted by Gasteiger charge is -1.76. The normalized spacial score (nSPS) is 9.90. The number of hydrogen-bond acceptors (Lipinski definition) is 3. The van der Waals surface area contributed by atoms with Crippen LogP contribution in [0.3, 0.4) is 0 Å². The molecule has 10 heavy (non-hydrogen) atoms. The quantitative estimate of drug-likeness (QED) is 0.647. The molecule has 1 aromatic rings. The highest BCUT2D eigenvalue weighted by atomic mass is 32.1. The number of thiazole rings is 1. The highest BCUT2D eigenvalue weighted by molar-refractivity contribution is 7.10. The predicted octanol–water partition coefficient (Wildman–Crippen LogP) is 2.07. The van der Waals surface area contributed by atoms with E-state index in [0.717, 1.165) is 5.01 Å². The van der Waals surface area contributed by atoms with Gasteiger partial charge in [-0.1, -0.05) is 6.08 Å². The predicted molar refractivity (Wildman–Crippen MR) is 41.4 cm³/mol. The number of aromatic nitrogens is 1. The SMILES string of the molecule is N#CCC=Cc1nccs1. The summed E-state index contributed by atoms with van der Waals surface area (Å²) in [5, 5.41) is 11.0. The molecule has 1 rings (SSSR count). The van der Waals surface area contributed by atoms with Crippen molar-refractivity contribution < 1.29 is 0 Å². The van der Waals surface area contributed by atoms with Crippen molar-refractivity contribution in [2.45, 2.75) is 6.42 Å². The average molecular weight is 150 g/mol. The standard InChI is InChI=1S/C7H6N2S/c8-4-2-1-3-7-9-5-6-10-7/h1,3,5-6H,2H2. The maximum Gasteiger partial charge on any atom is 0.115 e. The van der Waals surface area contributed by atoms with Crippen molar-refractivity contribution in [2.75, 3.05) is 0 Å². The molecular weight excluding hydrogens is 144 g/mol. The molecule has 0 saturated heterocycles. The summed E-state index contributed by atoms with van der Waals surface area (Å²) < 4.78 is 0. The van der Waals surface area contributed by atoms with Gasteiger partial charge in [0.05, 0.1) is 12.5 Å². The molecule has 1 heterocycles. The Morgan fingerprint density at radius 2 is 2.70 bits per heavy atom. The van der Waals surface area contributed by atoms with Gasteiger partial charge in [-0.25, -0.2) is 4.98 Å². The molecule has 0 aliphatic heterocycles. The Labute approximate surface area is 63.5 Å². The van der Waals surface area contributed by atoms with Crippen LogP contribution in [0.1, 0.15) is 11.4 Å². The van der Waals surface area contributed by atoms with Crippen LogP contribution in [0.2, 0.25) is 0 Å². The summed E-state index contributed by atoms with van der Waals surface area (Å²) >= 11 is 1.57. The zero-order valence-corrected chi connectivity index (χ0v) is 6.14. The van der Waals surface area contributed by atoms with E-state index in [1.54, 1.807) is 23.6 Å². The molecule has 0 aliphatic rings. The van der Waals surface area contributed by atoms with E-state index in [2.05, 4.69) is 4.98 Å². The molecule has 50 valence electrons. The van der Waals surface area contributed by atoms with Crippen LogP contribution in [-0.2, 0) is 0 Å². The summed E-state index contributed by atoms with van der Waals surface area (Å²) in [6, 6.07) is 2.02. The lowest BCUT2D eigenvalue weighted by atomic mass is 10.4. The van der Waals surface area contributed by atoms with Gasteiger partial charge in [0.1, 0.15) is 5.01 Å². The van der Waals surface area contributed by atoms with E-state index in [1.165, 1.54) is 0 Å². The second-order valence-electron chi connectivity index (χ2n) is 1.63. The summed E-state index contributed by atoms with van der Waals surface area (Å²) in [5.41, 5.74) is 0. The fourth-order valence-corrected chi connectivity index (χ4v) is 1.09. The number of hydrogen-bond donors (Lipinski definition) is 0. The van der Waals surface area contributed by atoms with Gasteiger partial charge in [0, 0.05) is 11.6 Å². The smallest absolute Gasteiger partial charge is 0.115 e. The molecule has 0 amide bonds. The van der Waals surface area contributed by atoms with E-state index in [1.807, 2.05) is 17.5 Å². The van der Waals surface area contributed by atoms with E-state index in [9.17, 15) is 0 Å². The summed E-state index contributed by atoms with van der Waals surface area (Å²) in [5.74, 6) is 0. The number of rotatable bonds is 2. The van der Waals surface area contributed by atoms with Crippen LogP contribution >= 0.6 is 11.3 Å². The van der Waals surface area contributed by atoms with Gasteiger partial charge in [0.25, 0.3) is 0 Å². The van der Waals surface area contributed by atoms with E-state index >= 15 is 0 Å². The molecule has 0 saturated carbocycles. The van der Waals surface area contributed by atoms with Crippen molar-refractivity contribution in [3.05, 3.63) is 22.7 Å². The second kappa shape index (κ2) is 3.80. The Morgan fingerprint density at radius 3 is 3.30 bits per heavy atom. The Hall–Kier alpha value is -1.14. The maximum absolute atomic E-state index is 8.18. The molecule has 0 radical (unpaired) electrons. The fourth-order valence-electron chi connectivity index (χ4n) is 0.529. The molecule has 0 unspecified atom stereocenters. The van der Waals surface area contributed by atoms with Crippen molar-refractivity contribution in [3.8, 4) is 6.07 Å². The first-order chi connectivity index (χ1) is 4.93. The van der Waals surface area contributed by atoms with Gasteiger partial charge < -0.3 is 0 Å². The van der Waals surface area contributed by atoms with E-state index in [4.69, 9.17) is 5.26 Å². The highest BCUT2D eigenvalue weighted by Crippen LogP contribution is 2.05. The first kappa shape index (κ1) is 6.97. The van der Waals surface area contributed by atoms with Gasteiger partial charge in [-0.05, 0) is 6.08 Å². The topological polar surface area (TPSA) is 36.7 Å². The largest absolute Gasteiger partial charge is 0.245 e. The summed E-state index contributed by atoms with van der Waals surface area (Å²) in [4.78, 5) is 4.01. The molecule has 0 bridgehead atoms. The first-order valence-electron chi connectivity index (χ1n) is 2.86. The fraction of sp³-hybridized carbons (Fsp3) is 0.143.